The van der Waals surface area contributed by atoms with Crippen molar-refractivity contribution >= 4 is 17.9 Å². The summed E-state index contributed by atoms with van der Waals surface area (Å²) in [5.74, 6) is -0.861. The Morgan fingerprint density at radius 3 is 0.785 bits per heavy atom. The van der Waals surface area contributed by atoms with Crippen LogP contribution in [0.3, 0.4) is 0 Å². The fraction of sp³-hybridized carbons (Fsp3) is 0.795. The highest BCUT2D eigenvalue weighted by Crippen LogP contribution is 2.17. The molecule has 0 spiro atoms. The van der Waals surface area contributed by atoms with E-state index in [9.17, 15) is 14.4 Å². The van der Waals surface area contributed by atoms with E-state index in [1.165, 1.54) is 218 Å². The van der Waals surface area contributed by atoms with Gasteiger partial charge in [-0.05, 0) is 89.9 Å². The minimum absolute atomic E-state index is 0.0730. The average molecular weight is 1100 g/mol. The first-order valence-corrected chi connectivity index (χ1v) is 34.4. The third-order valence-corrected chi connectivity index (χ3v) is 15.2. The molecule has 0 amide bonds. The van der Waals surface area contributed by atoms with E-state index in [4.69, 9.17) is 14.2 Å². The van der Waals surface area contributed by atoms with Gasteiger partial charge in [-0.1, -0.05) is 318 Å². The van der Waals surface area contributed by atoms with Crippen molar-refractivity contribution in [3.8, 4) is 0 Å². The zero-order valence-corrected chi connectivity index (χ0v) is 52.6. The minimum atomic E-state index is -0.777. The van der Waals surface area contributed by atoms with Gasteiger partial charge in [-0.3, -0.25) is 14.4 Å². The van der Waals surface area contributed by atoms with Gasteiger partial charge in [0, 0.05) is 19.3 Å². The lowest BCUT2D eigenvalue weighted by Gasteiger charge is -2.18. The molecule has 6 heteroatoms. The van der Waals surface area contributed by atoms with E-state index in [-0.39, 0.29) is 31.1 Å². The molecular formula is C73H130O6. The van der Waals surface area contributed by atoms with Gasteiger partial charge in [0.05, 0.1) is 0 Å². The molecule has 6 nitrogen and oxygen atoms in total. The SMILES string of the molecule is CC/C=C\C/C=C\C/C=C\C/C=C\C/C=C\CCCCCCCCCCCCCCCCCC(=O)OCC(COC(=O)CCCCCCCCCCCCCCCC)OC(=O)CCCCCCC/C=C\CCCCCCCCC. The van der Waals surface area contributed by atoms with Crippen molar-refractivity contribution in [2.24, 2.45) is 0 Å². The summed E-state index contributed by atoms with van der Waals surface area (Å²) < 4.78 is 17.0. The highest BCUT2D eigenvalue weighted by Gasteiger charge is 2.19. The summed E-state index contributed by atoms with van der Waals surface area (Å²) in [5.41, 5.74) is 0. The first-order valence-electron chi connectivity index (χ1n) is 34.4. The Labute approximate surface area is 491 Å². The molecule has 0 saturated carbocycles. The number of unbranched alkanes of at least 4 members (excludes halogenated alkanes) is 40. The first-order chi connectivity index (χ1) is 39.0. The number of hydrogen-bond donors (Lipinski definition) is 0. The van der Waals surface area contributed by atoms with Gasteiger partial charge in [-0.2, -0.15) is 0 Å². The predicted octanol–water partition coefficient (Wildman–Crippen LogP) is 23.7. The van der Waals surface area contributed by atoms with Crippen LogP contribution in [-0.2, 0) is 28.6 Å². The number of esters is 3. The molecule has 0 aliphatic rings. The van der Waals surface area contributed by atoms with Crippen LogP contribution in [0.15, 0.2) is 72.9 Å². The van der Waals surface area contributed by atoms with Crippen LogP contribution >= 0.6 is 0 Å². The number of allylic oxidation sites excluding steroid dienone is 12. The highest BCUT2D eigenvalue weighted by molar-refractivity contribution is 5.71. The van der Waals surface area contributed by atoms with Gasteiger partial charge in [-0.15, -0.1) is 0 Å². The topological polar surface area (TPSA) is 78.9 Å². The molecule has 0 aromatic carbocycles. The zero-order valence-electron chi connectivity index (χ0n) is 52.6. The van der Waals surface area contributed by atoms with Crippen LogP contribution in [0.25, 0.3) is 0 Å². The molecule has 0 bridgehead atoms. The summed E-state index contributed by atoms with van der Waals surface area (Å²) >= 11 is 0. The van der Waals surface area contributed by atoms with E-state index in [0.717, 1.165) is 96.3 Å². The highest BCUT2D eigenvalue weighted by atomic mass is 16.6. The Balaban J connectivity index is 4.20. The van der Waals surface area contributed by atoms with E-state index in [0.29, 0.717) is 19.3 Å². The maximum Gasteiger partial charge on any atom is 0.306 e. The smallest absolute Gasteiger partial charge is 0.306 e. The Bertz CT molecular complexity index is 1450. The molecule has 0 fully saturated rings. The van der Waals surface area contributed by atoms with Crippen molar-refractivity contribution in [1.29, 1.82) is 0 Å². The lowest BCUT2D eigenvalue weighted by atomic mass is 10.0. The fourth-order valence-corrected chi connectivity index (χ4v) is 10.1. The standard InChI is InChI=1S/C73H130O6/c1-4-7-10-13-16-19-22-25-28-30-31-32-33-34-35-36-37-38-39-40-41-42-43-44-46-48-51-54-57-60-63-66-72(75)78-69-70(68-77-71(74)65-62-59-56-53-50-47-27-24-21-18-15-12-9-6-3)79-73(76)67-64-61-58-55-52-49-45-29-26-23-20-17-14-11-8-5-2/h7,10,16,19,25,28-29,31-32,34-35,45,70H,4-6,8-9,11-15,17-18,20-24,26-27,30,33,36-44,46-69H2,1-3H3/b10-7-,19-16-,28-25-,32-31-,35-34-,45-29-. The van der Waals surface area contributed by atoms with Crippen molar-refractivity contribution in [1.82, 2.24) is 0 Å². The summed E-state index contributed by atoms with van der Waals surface area (Å²) in [6, 6.07) is 0. The lowest BCUT2D eigenvalue weighted by molar-refractivity contribution is -0.167. The fourth-order valence-electron chi connectivity index (χ4n) is 10.1. The molecule has 0 aliphatic heterocycles. The normalized spacial score (nSPS) is 12.5. The average Bonchev–Trinajstić information content (AvgIpc) is 3.45. The number of hydrogen-bond acceptors (Lipinski definition) is 6. The molecule has 458 valence electrons. The molecule has 0 aromatic heterocycles. The second-order valence-electron chi connectivity index (χ2n) is 23.1. The summed E-state index contributed by atoms with van der Waals surface area (Å²) in [5, 5.41) is 0. The molecule has 0 saturated heterocycles. The molecule has 0 aromatic rings. The maximum atomic E-state index is 12.9. The molecule has 0 rings (SSSR count). The van der Waals surface area contributed by atoms with Crippen molar-refractivity contribution in [2.75, 3.05) is 13.2 Å². The van der Waals surface area contributed by atoms with Gasteiger partial charge in [0.15, 0.2) is 6.10 Å². The predicted molar refractivity (Wildman–Crippen MR) is 344 cm³/mol. The van der Waals surface area contributed by atoms with Crippen molar-refractivity contribution < 1.29 is 28.6 Å². The van der Waals surface area contributed by atoms with Gasteiger partial charge in [0.25, 0.3) is 0 Å². The van der Waals surface area contributed by atoms with Crippen LogP contribution in [0.4, 0.5) is 0 Å². The van der Waals surface area contributed by atoms with Crippen LogP contribution in [0.1, 0.15) is 355 Å². The Hall–Kier alpha value is -3.15. The molecule has 1 atom stereocenters. The lowest BCUT2D eigenvalue weighted by Crippen LogP contribution is -2.30. The molecule has 0 heterocycles. The largest absolute Gasteiger partial charge is 0.462 e. The molecule has 79 heavy (non-hydrogen) atoms. The summed E-state index contributed by atoms with van der Waals surface area (Å²) in [4.78, 5) is 38.4. The molecule has 0 radical (unpaired) electrons. The summed E-state index contributed by atoms with van der Waals surface area (Å²) in [6.07, 6.45) is 87.8. The zero-order chi connectivity index (χ0) is 57.1. The third-order valence-electron chi connectivity index (χ3n) is 15.2. The van der Waals surface area contributed by atoms with E-state index in [1.54, 1.807) is 0 Å². The molecule has 1 unspecified atom stereocenters. The second-order valence-corrected chi connectivity index (χ2v) is 23.1. The van der Waals surface area contributed by atoms with Gasteiger partial charge >= 0.3 is 17.9 Å². The van der Waals surface area contributed by atoms with E-state index in [2.05, 4.69) is 93.7 Å². The van der Waals surface area contributed by atoms with E-state index < -0.39 is 6.10 Å². The quantitative estimate of drug-likeness (QED) is 0.0261. The second kappa shape index (κ2) is 67.4. The van der Waals surface area contributed by atoms with Crippen molar-refractivity contribution in [3.05, 3.63) is 72.9 Å². The van der Waals surface area contributed by atoms with Crippen LogP contribution in [0.2, 0.25) is 0 Å². The van der Waals surface area contributed by atoms with Gasteiger partial charge in [-0.25, -0.2) is 0 Å². The first kappa shape index (κ1) is 75.8. The van der Waals surface area contributed by atoms with Crippen molar-refractivity contribution in [3.63, 3.8) is 0 Å². The van der Waals surface area contributed by atoms with E-state index in [1.807, 2.05) is 0 Å². The van der Waals surface area contributed by atoms with Crippen LogP contribution in [0, 0.1) is 0 Å². The number of carbonyl (C=O) groups excluding carboxylic acids is 3. The minimum Gasteiger partial charge on any atom is -0.462 e. The number of carbonyl (C=O) groups is 3. The molecular weight excluding hydrogens is 973 g/mol. The Morgan fingerprint density at radius 2 is 0.494 bits per heavy atom. The van der Waals surface area contributed by atoms with Crippen molar-refractivity contribution in [2.45, 2.75) is 361 Å². The molecule has 0 N–H and O–H groups in total. The van der Waals surface area contributed by atoms with Gasteiger partial charge < -0.3 is 14.2 Å². The number of rotatable bonds is 63. The van der Waals surface area contributed by atoms with Gasteiger partial charge in [0.2, 0.25) is 0 Å². The van der Waals surface area contributed by atoms with Crippen LogP contribution < -0.4 is 0 Å². The number of ether oxygens (including phenoxy) is 3. The van der Waals surface area contributed by atoms with E-state index >= 15 is 0 Å². The maximum absolute atomic E-state index is 12.9. The summed E-state index contributed by atoms with van der Waals surface area (Å²) in [6.45, 7) is 6.57. The Morgan fingerprint density at radius 1 is 0.266 bits per heavy atom. The van der Waals surface area contributed by atoms with Gasteiger partial charge in [0.1, 0.15) is 13.2 Å². The van der Waals surface area contributed by atoms with Crippen LogP contribution in [0.5, 0.6) is 0 Å². The summed E-state index contributed by atoms with van der Waals surface area (Å²) in [7, 11) is 0. The third kappa shape index (κ3) is 65.5. The van der Waals surface area contributed by atoms with Crippen LogP contribution in [-0.4, -0.2) is 37.2 Å². The molecule has 0 aliphatic carbocycles. The monoisotopic (exact) mass is 1100 g/mol. The Kier molecular flexibility index (Phi) is 64.7.